The van der Waals surface area contributed by atoms with E-state index in [4.69, 9.17) is 18.9 Å². The molecular weight excluding hydrogens is 414 g/mol. The molecule has 0 bridgehead atoms. The third-order valence-corrected chi connectivity index (χ3v) is 6.13. The SMILES string of the molecule is CCCOC(=O)C1=C(C)NC2=C(C(=O)[C@@H](C(=O)OC)[C@H](C)C2)[C@@H]1c1ccc2c(c1)OCO2. The van der Waals surface area contributed by atoms with Crippen molar-refractivity contribution in [3.05, 3.63) is 46.3 Å². The molecule has 8 heteroatoms. The maximum absolute atomic E-state index is 13.6. The third-order valence-electron chi connectivity index (χ3n) is 6.13. The molecule has 0 unspecified atom stereocenters. The molecule has 0 radical (unpaired) electrons. The smallest absolute Gasteiger partial charge is 0.336 e. The van der Waals surface area contributed by atoms with E-state index in [-0.39, 0.29) is 25.1 Å². The zero-order chi connectivity index (χ0) is 23.0. The standard InChI is InChI=1S/C24H27NO7/c1-5-8-30-24(28)19-13(3)25-15-9-12(2)18(23(27)29-4)22(26)21(15)20(19)14-6-7-16-17(10-14)32-11-31-16/h6-7,10,12,18,20,25H,5,8-9,11H2,1-4H3/t12-,18+,20-/m1/s1. The molecule has 1 aromatic carbocycles. The number of nitrogens with one attached hydrogen (secondary N) is 1. The molecule has 1 N–H and O–H groups in total. The van der Waals surface area contributed by atoms with Crippen molar-refractivity contribution in [1.82, 2.24) is 5.32 Å². The maximum atomic E-state index is 13.6. The molecule has 0 aromatic heterocycles. The molecule has 0 saturated carbocycles. The second-order valence-corrected chi connectivity index (χ2v) is 8.28. The fourth-order valence-electron chi connectivity index (χ4n) is 4.65. The van der Waals surface area contributed by atoms with Crippen LogP contribution in [0.1, 0.15) is 45.1 Å². The number of carbonyl (C=O) groups is 3. The quantitative estimate of drug-likeness (QED) is 0.550. The fraction of sp³-hybridized carbons (Fsp3) is 0.458. The first-order valence-corrected chi connectivity index (χ1v) is 10.8. The molecule has 1 aromatic rings. The molecule has 8 nitrogen and oxygen atoms in total. The Balaban J connectivity index is 1.85. The number of hydrogen-bond donors (Lipinski definition) is 1. The van der Waals surface area contributed by atoms with Crippen molar-refractivity contribution in [2.45, 2.75) is 39.5 Å². The number of allylic oxidation sites excluding steroid dienone is 3. The zero-order valence-corrected chi connectivity index (χ0v) is 18.7. The van der Waals surface area contributed by atoms with E-state index in [1.807, 2.05) is 19.9 Å². The summed E-state index contributed by atoms with van der Waals surface area (Å²) in [5, 5.41) is 3.25. The van der Waals surface area contributed by atoms with E-state index >= 15 is 0 Å². The predicted octanol–water partition coefficient (Wildman–Crippen LogP) is 2.98. The molecule has 0 fully saturated rings. The van der Waals surface area contributed by atoms with Gasteiger partial charge in [0.25, 0.3) is 0 Å². The minimum Gasteiger partial charge on any atom is -0.468 e. The number of Topliss-reactive ketones (excluding diaryl/α,β-unsaturated/α-hetero) is 1. The molecule has 0 spiro atoms. The van der Waals surface area contributed by atoms with Crippen LogP contribution in [-0.4, -0.2) is 38.2 Å². The van der Waals surface area contributed by atoms with Crippen LogP contribution in [0, 0.1) is 11.8 Å². The number of ketones is 1. The number of hydrogen-bond acceptors (Lipinski definition) is 8. The lowest BCUT2D eigenvalue weighted by Gasteiger charge is -2.38. The second kappa shape index (κ2) is 8.68. The minimum absolute atomic E-state index is 0.111. The number of rotatable bonds is 5. The van der Waals surface area contributed by atoms with Crippen LogP contribution in [0.3, 0.4) is 0 Å². The number of ether oxygens (including phenoxy) is 4. The number of carbonyl (C=O) groups excluding carboxylic acids is 3. The number of methoxy groups -OCH3 is 1. The van der Waals surface area contributed by atoms with Crippen molar-refractivity contribution in [3.8, 4) is 11.5 Å². The summed E-state index contributed by atoms with van der Waals surface area (Å²) in [6.07, 6.45) is 1.16. The van der Waals surface area contributed by atoms with E-state index < -0.39 is 23.8 Å². The zero-order valence-electron chi connectivity index (χ0n) is 18.7. The molecule has 2 heterocycles. The molecule has 1 aliphatic carbocycles. The molecule has 2 aliphatic heterocycles. The average molecular weight is 441 g/mol. The monoisotopic (exact) mass is 441 g/mol. The Kier molecular flexibility index (Phi) is 5.95. The lowest BCUT2D eigenvalue weighted by molar-refractivity contribution is -0.151. The van der Waals surface area contributed by atoms with Crippen molar-refractivity contribution in [1.29, 1.82) is 0 Å². The van der Waals surface area contributed by atoms with Crippen LogP contribution in [0.5, 0.6) is 11.5 Å². The molecule has 4 rings (SSSR count). The second-order valence-electron chi connectivity index (χ2n) is 8.28. The highest BCUT2D eigenvalue weighted by Crippen LogP contribution is 2.47. The number of esters is 2. The summed E-state index contributed by atoms with van der Waals surface area (Å²) in [6.45, 7) is 5.94. The van der Waals surface area contributed by atoms with Crippen LogP contribution in [0.15, 0.2) is 40.7 Å². The molecule has 170 valence electrons. The summed E-state index contributed by atoms with van der Waals surface area (Å²) in [5.74, 6) is -2.12. The Morgan fingerprint density at radius 1 is 1.22 bits per heavy atom. The van der Waals surface area contributed by atoms with Crippen LogP contribution in [0.2, 0.25) is 0 Å². The Bertz CT molecular complexity index is 1040. The highest BCUT2D eigenvalue weighted by atomic mass is 16.7. The van der Waals surface area contributed by atoms with E-state index in [0.29, 0.717) is 46.7 Å². The lowest BCUT2D eigenvalue weighted by Crippen LogP contribution is -2.43. The Morgan fingerprint density at radius 2 is 1.97 bits per heavy atom. The van der Waals surface area contributed by atoms with Gasteiger partial charge in [-0.05, 0) is 43.4 Å². The van der Waals surface area contributed by atoms with E-state index in [2.05, 4.69) is 5.32 Å². The van der Waals surface area contributed by atoms with Crippen molar-refractivity contribution >= 4 is 17.7 Å². The van der Waals surface area contributed by atoms with Crippen LogP contribution in [0.4, 0.5) is 0 Å². The van der Waals surface area contributed by atoms with Gasteiger partial charge in [-0.25, -0.2) is 4.79 Å². The van der Waals surface area contributed by atoms with Crippen LogP contribution >= 0.6 is 0 Å². The molecule has 3 aliphatic rings. The molecular formula is C24H27NO7. The van der Waals surface area contributed by atoms with Gasteiger partial charge in [-0.15, -0.1) is 0 Å². The molecule has 0 saturated heterocycles. The predicted molar refractivity (Wildman–Crippen MR) is 114 cm³/mol. The number of fused-ring (bicyclic) bond motifs is 1. The van der Waals surface area contributed by atoms with Gasteiger partial charge in [0.2, 0.25) is 6.79 Å². The number of dihydropyridines is 1. The molecule has 3 atom stereocenters. The van der Waals surface area contributed by atoms with Crippen molar-refractivity contribution in [3.63, 3.8) is 0 Å². The first-order valence-electron chi connectivity index (χ1n) is 10.8. The maximum Gasteiger partial charge on any atom is 0.336 e. The van der Waals surface area contributed by atoms with Crippen molar-refractivity contribution < 1.29 is 33.3 Å². The highest BCUT2D eigenvalue weighted by molar-refractivity contribution is 6.12. The van der Waals surface area contributed by atoms with Crippen LogP contribution < -0.4 is 14.8 Å². The van der Waals surface area contributed by atoms with E-state index in [0.717, 1.165) is 5.70 Å². The topological polar surface area (TPSA) is 100 Å². The largest absolute Gasteiger partial charge is 0.468 e. The first kappa shape index (κ1) is 21.9. The summed E-state index contributed by atoms with van der Waals surface area (Å²) >= 11 is 0. The van der Waals surface area contributed by atoms with Gasteiger partial charge in [0.15, 0.2) is 17.3 Å². The van der Waals surface area contributed by atoms with E-state index in [9.17, 15) is 14.4 Å². The Morgan fingerprint density at radius 3 is 2.69 bits per heavy atom. The van der Waals surface area contributed by atoms with E-state index in [1.165, 1.54) is 7.11 Å². The summed E-state index contributed by atoms with van der Waals surface area (Å²) in [4.78, 5) is 39.2. The third kappa shape index (κ3) is 3.63. The fourth-order valence-corrected chi connectivity index (χ4v) is 4.65. The highest BCUT2D eigenvalue weighted by Gasteiger charge is 2.47. The van der Waals surface area contributed by atoms with Gasteiger partial charge in [-0.1, -0.05) is 19.9 Å². The van der Waals surface area contributed by atoms with Gasteiger partial charge < -0.3 is 24.3 Å². The van der Waals surface area contributed by atoms with Gasteiger partial charge in [0.05, 0.1) is 19.3 Å². The minimum atomic E-state index is -0.927. The van der Waals surface area contributed by atoms with Crippen molar-refractivity contribution in [2.75, 3.05) is 20.5 Å². The van der Waals surface area contributed by atoms with E-state index in [1.54, 1.807) is 19.1 Å². The summed E-state index contributed by atoms with van der Waals surface area (Å²) in [6, 6.07) is 5.35. The van der Waals surface area contributed by atoms with Gasteiger partial charge in [-0.3, -0.25) is 9.59 Å². The van der Waals surface area contributed by atoms with Gasteiger partial charge in [-0.2, -0.15) is 0 Å². The summed E-state index contributed by atoms with van der Waals surface area (Å²) < 4.78 is 21.3. The van der Waals surface area contributed by atoms with Gasteiger partial charge in [0.1, 0.15) is 5.92 Å². The Hall–Kier alpha value is -3.29. The van der Waals surface area contributed by atoms with Crippen LogP contribution in [-0.2, 0) is 23.9 Å². The Labute approximate surface area is 186 Å². The summed E-state index contributed by atoms with van der Waals surface area (Å²) in [7, 11) is 1.28. The number of benzene rings is 1. The first-order chi connectivity index (χ1) is 15.4. The molecule has 32 heavy (non-hydrogen) atoms. The normalized spacial score (nSPS) is 24.1. The van der Waals surface area contributed by atoms with Crippen LogP contribution in [0.25, 0.3) is 0 Å². The average Bonchev–Trinajstić information content (AvgIpc) is 3.24. The van der Waals surface area contributed by atoms with Crippen molar-refractivity contribution in [2.24, 2.45) is 11.8 Å². The van der Waals surface area contributed by atoms with Gasteiger partial charge >= 0.3 is 11.9 Å². The lowest BCUT2D eigenvalue weighted by atomic mass is 9.69. The van der Waals surface area contributed by atoms with Gasteiger partial charge in [0, 0.05) is 22.9 Å². The summed E-state index contributed by atoms with van der Waals surface area (Å²) in [5.41, 5.74) is 2.78. The molecule has 0 amide bonds.